The van der Waals surface area contributed by atoms with Crippen molar-refractivity contribution in [3.05, 3.63) is 66.5 Å². The molecular formula is C35H40N6O4. The smallest absolute Gasteiger partial charge is 0.410 e. The van der Waals surface area contributed by atoms with Gasteiger partial charge in [-0.25, -0.2) is 19.7 Å². The molecule has 4 heterocycles. The second-order valence-electron chi connectivity index (χ2n) is 12.9. The number of carbonyl (C=O) groups excluding carboxylic acids is 2. The monoisotopic (exact) mass is 608 g/mol. The van der Waals surface area contributed by atoms with Crippen molar-refractivity contribution in [3.8, 4) is 22.9 Å². The number of piperidine rings is 1. The van der Waals surface area contributed by atoms with E-state index >= 15 is 0 Å². The summed E-state index contributed by atoms with van der Waals surface area (Å²) in [6.07, 6.45) is 5.69. The van der Waals surface area contributed by atoms with Gasteiger partial charge in [-0.1, -0.05) is 31.2 Å². The van der Waals surface area contributed by atoms with Crippen molar-refractivity contribution in [1.29, 1.82) is 0 Å². The Hall–Kier alpha value is -4.73. The van der Waals surface area contributed by atoms with Crippen molar-refractivity contribution in [1.82, 2.24) is 19.9 Å². The van der Waals surface area contributed by atoms with Crippen LogP contribution in [-0.4, -0.2) is 63.1 Å². The second kappa shape index (κ2) is 12.3. The van der Waals surface area contributed by atoms with E-state index < -0.39 is 5.60 Å². The first-order valence-electron chi connectivity index (χ1n) is 15.6. The van der Waals surface area contributed by atoms with Crippen molar-refractivity contribution < 1.29 is 19.1 Å². The normalized spacial score (nSPS) is 18.7. The number of pyridine rings is 1. The molecule has 0 unspecified atom stereocenters. The highest BCUT2D eigenvalue weighted by molar-refractivity contribution is 6.07. The molecule has 6 rings (SSSR count). The highest BCUT2D eigenvalue weighted by atomic mass is 16.6. The molecule has 2 aromatic heterocycles. The summed E-state index contributed by atoms with van der Waals surface area (Å²) in [5.41, 5.74) is 2.68. The summed E-state index contributed by atoms with van der Waals surface area (Å²) in [5, 5.41) is 5.28. The third kappa shape index (κ3) is 6.55. The van der Waals surface area contributed by atoms with Gasteiger partial charge in [0.1, 0.15) is 11.4 Å². The van der Waals surface area contributed by atoms with E-state index in [4.69, 9.17) is 14.5 Å². The Kier molecular flexibility index (Phi) is 8.31. The number of aromatic nitrogens is 3. The molecule has 2 saturated heterocycles. The quantitative estimate of drug-likeness (QED) is 0.250. The van der Waals surface area contributed by atoms with E-state index in [-0.39, 0.29) is 24.0 Å². The number of carbonyl (C=O) groups is 2. The van der Waals surface area contributed by atoms with Crippen LogP contribution in [0.5, 0.6) is 11.6 Å². The predicted octanol–water partition coefficient (Wildman–Crippen LogP) is 6.98. The second-order valence-corrected chi connectivity index (χ2v) is 12.9. The fraction of sp³-hybridized carbons (Fsp3) is 0.400. The number of amides is 2. The van der Waals surface area contributed by atoms with Crippen molar-refractivity contribution in [2.45, 2.75) is 65.5 Å². The van der Waals surface area contributed by atoms with Crippen LogP contribution < -0.4 is 15.0 Å². The van der Waals surface area contributed by atoms with Crippen molar-refractivity contribution in [2.75, 3.05) is 29.9 Å². The van der Waals surface area contributed by atoms with E-state index in [0.717, 1.165) is 46.8 Å². The first-order valence-corrected chi connectivity index (χ1v) is 15.6. The van der Waals surface area contributed by atoms with Crippen LogP contribution in [0.2, 0.25) is 0 Å². The van der Waals surface area contributed by atoms with Crippen LogP contribution in [0.3, 0.4) is 0 Å². The fourth-order valence-corrected chi connectivity index (χ4v) is 5.97. The molecule has 45 heavy (non-hydrogen) atoms. The van der Waals surface area contributed by atoms with Crippen molar-refractivity contribution >= 4 is 34.4 Å². The zero-order valence-electron chi connectivity index (χ0n) is 26.5. The van der Waals surface area contributed by atoms with Gasteiger partial charge in [-0.2, -0.15) is 0 Å². The van der Waals surface area contributed by atoms with Gasteiger partial charge >= 0.3 is 6.09 Å². The number of anilines is 2. The number of hydrogen-bond acceptors (Lipinski definition) is 8. The molecule has 4 aromatic rings. The number of benzene rings is 2. The Bertz CT molecular complexity index is 1740. The number of rotatable bonds is 6. The molecule has 0 radical (unpaired) electrons. The van der Waals surface area contributed by atoms with Gasteiger partial charge in [-0.3, -0.25) is 4.79 Å². The van der Waals surface area contributed by atoms with Crippen LogP contribution in [0.4, 0.5) is 16.4 Å². The number of likely N-dealkylation sites (tertiary alicyclic amines) is 1. The summed E-state index contributed by atoms with van der Waals surface area (Å²) in [6, 6.07) is 15.7. The molecule has 0 bridgehead atoms. The van der Waals surface area contributed by atoms with Crippen LogP contribution in [0.25, 0.3) is 22.0 Å². The van der Waals surface area contributed by atoms with E-state index in [1.807, 2.05) is 82.0 Å². The molecule has 2 fully saturated rings. The van der Waals surface area contributed by atoms with E-state index in [1.54, 1.807) is 17.3 Å². The van der Waals surface area contributed by atoms with E-state index in [0.29, 0.717) is 42.9 Å². The van der Waals surface area contributed by atoms with E-state index in [9.17, 15) is 9.59 Å². The Balaban J connectivity index is 1.25. The zero-order chi connectivity index (χ0) is 31.7. The van der Waals surface area contributed by atoms with Crippen LogP contribution >= 0.6 is 0 Å². The highest BCUT2D eigenvalue weighted by Gasteiger charge is 2.31. The molecule has 2 amide bonds. The molecule has 2 aromatic carbocycles. The molecule has 1 N–H and O–H groups in total. The molecule has 10 nitrogen and oxygen atoms in total. The standard InChI is InChI=1S/C35H40N6O4/c1-22-13-14-25-26(10-6-12-29(25)41-20-16-23(2)32(41)42)30(22)44-31-27(11-7-17-36-31)28-15-18-37-33(39-28)38-24-9-8-19-40(21-24)34(43)45-35(3,4)5/h6-7,10-15,17-18,23-24H,8-9,16,19-21H2,1-5H3,(H,37,38,39)/t23-,24-/m0/s1. The summed E-state index contributed by atoms with van der Waals surface area (Å²) in [5.74, 6) is 1.74. The SMILES string of the molecule is Cc1ccc2c(N3CC[C@H](C)C3=O)cccc2c1Oc1ncccc1-c1ccnc(N[C@H]2CCCN(C(=O)OC(C)(C)C)C2)n1. The van der Waals surface area contributed by atoms with Crippen molar-refractivity contribution in [3.63, 3.8) is 0 Å². The third-order valence-electron chi connectivity index (χ3n) is 8.26. The Morgan fingerprint density at radius 2 is 1.82 bits per heavy atom. The Morgan fingerprint density at radius 3 is 2.60 bits per heavy atom. The molecule has 2 aliphatic heterocycles. The largest absolute Gasteiger partial charge is 0.444 e. The lowest BCUT2D eigenvalue weighted by molar-refractivity contribution is -0.119. The summed E-state index contributed by atoms with van der Waals surface area (Å²) in [7, 11) is 0. The number of nitrogens with one attached hydrogen (secondary N) is 1. The molecule has 0 aliphatic carbocycles. The van der Waals surface area contributed by atoms with Gasteiger partial charge in [0.15, 0.2) is 0 Å². The third-order valence-corrected chi connectivity index (χ3v) is 8.26. The van der Waals surface area contributed by atoms with Crippen LogP contribution in [-0.2, 0) is 9.53 Å². The number of fused-ring (bicyclic) bond motifs is 1. The molecule has 234 valence electrons. The summed E-state index contributed by atoms with van der Waals surface area (Å²) in [4.78, 5) is 43.0. The first kappa shape index (κ1) is 30.3. The highest BCUT2D eigenvalue weighted by Crippen LogP contribution is 2.40. The Labute approximate surface area is 263 Å². The Morgan fingerprint density at radius 1 is 0.978 bits per heavy atom. The molecular weight excluding hydrogens is 568 g/mol. The molecule has 2 aliphatic rings. The number of aryl methyl sites for hydroxylation is 1. The molecule has 10 heteroatoms. The van der Waals surface area contributed by atoms with Gasteiger partial charge in [0, 0.05) is 54.8 Å². The van der Waals surface area contributed by atoms with Gasteiger partial charge in [-0.15, -0.1) is 0 Å². The van der Waals surface area contributed by atoms with E-state index in [2.05, 4.69) is 21.4 Å². The fourth-order valence-electron chi connectivity index (χ4n) is 5.97. The lowest BCUT2D eigenvalue weighted by Crippen LogP contribution is -2.47. The minimum Gasteiger partial charge on any atom is -0.444 e. The van der Waals surface area contributed by atoms with Crippen LogP contribution in [0, 0.1) is 12.8 Å². The number of hydrogen-bond donors (Lipinski definition) is 1. The number of ether oxygens (including phenoxy) is 2. The van der Waals surface area contributed by atoms with Gasteiger partial charge in [-0.05, 0) is 76.8 Å². The van der Waals surface area contributed by atoms with Crippen LogP contribution in [0.15, 0.2) is 60.9 Å². The molecule has 0 spiro atoms. The van der Waals surface area contributed by atoms with Crippen molar-refractivity contribution in [2.24, 2.45) is 5.92 Å². The lowest BCUT2D eigenvalue weighted by Gasteiger charge is -2.34. The summed E-state index contributed by atoms with van der Waals surface area (Å²) < 4.78 is 12.2. The predicted molar refractivity (Wildman–Crippen MR) is 175 cm³/mol. The van der Waals surface area contributed by atoms with E-state index in [1.165, 1.54) is 0 Å². The maximum Gasteiger partial charge on any atom is 0.410 e. The van der Waals surface area contributed by atoms with Gasteiger partial charge in [0.05, 0.1) is 16.9 Å². The topological polar surface area (TPSA) is 110 Å². The average Bonchev–Trinajstić information content (AvgIpc) is 3.35. The minimum atomic E-state index is -0.545. The summed E-state index contributed by atoms with van der Waals surface area (Å²) >= 11 is 0. The van der Waals surface area contributed by atoms with Crippen LogP contribution in [0.1, 0.15) is 52.5 Å². The number of nitrogens with zero attached hydrogens (tertiary/aromatic N) is 5. The maximum absolute atomic E-state index is 12.9. The molecule has 0 saturated carbocycles. The molecule has 2 atom stereocenters. The summed E-state index contributed by atoms with van der Waals surface area (Å²) in [6.45, 7) is 11.5. The van der Waals surface area contributed by atoms with Gasteiger partial charge < -0.3 is 24.6 Å². The average molecular weight is 609 g/mol. The maximum atomic E-state index is 12.9. The van der Waals surface area contributed by atoms with Gasteiger partial charge in [0.2, 0.25) is 17.7 Å². The minimum absolute atomic E-state index is 0.0101. The van der Waals surface area contributed by atoms with Gasteiger partial charge in [0.25, 0.3) is 0 Å². The first-order chi connectivity index (χ1) is 21.6. The lowest BCUT2D eigenvalue weighted by atomic mass is 10.0. The zero-order valence-corrected chi connectivity index (χ0v) is 26.5.